The second kappa shape index (κ2) is 8.06. The zero-order valence-electron chi connectivity index (χ0n) is 13.4. The standard InChI is InChI=1S/C18H12BrF3N2O2/c1-26-16-7-6-11(9-14(16)19)8-12(10-23)17(25)24-15-5-3-2-4-13(15)18(20,21)22/h2-9H,1H3,(H,24,25)/b12-8+. The van der Waals surface area contributed by atoms with Crippen molar-refractivity contribution in [3.05, 3.63) is 63.6 Å². The molecule has 0 aliphatic rings. The van der Waals surface area contributed by atoms with Crippen molar-refractivity contribution in [3.8, 4) is 11.8 Å². The van der Waals surface area contributed by atoms with E-state index in [2.05, 4.69) is 21.2 Å². The van der Waals surface area contributed by atoms with E-state index in [4.69, 9.17) is 4.74 Å². The number of alkyl halides is 3. The first-order chi connectivity index (χ1) is 12.3. The molecule has 2 aromatic rings. The Bertz CT molecular complexity index is 902. The van der Waals surface area contributed by atoms with Crippen molar-refractivity contribution in [2.75, 3.05) is 12.4 Å². The lowest BCUT2D eigenvalue weighted by atomic mass is 10.1. The van der Waals surface area contributed by atoms with Crippen molar-refractivity contribution in [1.29, 1.82) is 5.26 Å². The summed E-state index contributed by atoms with van der Waals surface area (Å²) in [6.07, 6.45) is -3.35. The summed E-state index contributed by atoms with van der Waals surface area (Å²) in [5.74, 6) is -0.375. The lowest BCUT2D eigenvalue weighted by Crippen LogP contribution is -2.17. The molecule has 0 saturated carbocycles. The number of hydrogen-bond donors (Lipinski definition) is 1. The fourth-order valence-corrected chi connectivity index (χ4v) is 2.68. The van der Waals surface area contributed by atoms with E-state index in [0.717, 1.165) is 12.1 Å². The summed E-state index contributed by atoms with van der Waals surface area (Å²) >= 11 is 3.28. The summed E-state index contributed by atoms with van der Waals surface area (Å²) < 4.78 is 44.7. The molecule has 2 aromatic carbocycles. The Balaban J connectivity index is 2.31. The number of benzene rings is 2. The molecule has 0 spiro atoms. The molecule has 0 unspecified atom stereocenters. The van der Waals surface area contributed by atoms with Gasteiger partial charge in [0.25, 0.3) is 5.91 Å². The molecule has 0 aliphatic heterocycles. The molecule has 0 saturated heterocycles. The van der Waals surface area contributed by atoms with E-state index in [1.807, 2.05) is 0 Å². The summed E-state index contributed by atoms with van der Waals surface area (Å²) in [5, 5.41) is 11.3. The lowest BCUT2D eigenvalue weighted by Gasteiger charge is -2.13. The highest BCUT2D eigenvalue weighted by Gasteiger charge is 2.33. The zero-order valence-corrected chi connectivity index (χ0v) is 15.0. The Morgan fingerprint density at radius 3 is 2.54 bits per heavy atom. The van der Waals surface area contributed by atoms with Gasteiger partial charge in [0.05, 0.1) is 22.8 Å². The van der Waals surface area contributed by atoms with Crippen LogP contribution in [-0.4, -0.2) is 13.0 Å². The summed E-state index contributed by atoms with van der Waals surface area (Å²) in [4.78, 5) is 12.2. The van der Waals surface area contributed by atoms with Crippen LogP contribution < -0.4 is 10.1 Å². The number of rotatable bonds is 4. The van der Waals surface area contributed by atoms with Crippen molar-refractivity contribution >= 4 is 33.6 Å². The van der Waals surface area contributed by atoms with Gasteiger partial charge in [-0.2, -0.15) is 18.4 Å². The first kappa shape index (κ1) is 19.5. The van der Waals surface area contributed by atoms with Crippen molar-refractivity contribution in [2.24, 2.45) is 0 Å². The van der Waals surface area contributed by atoms with Gasteiger partial charge >= 0.3 is 6.18 Å². The number of anilines is 1. The van der Waals surface area contributed by atoms with E-state index in [-0.39, 0.29) is 5.57 Å². The van der Waals surface area contributed by atoms with E-state index in [9.17, 15) is 23.2 Å². The van der Waals surface area contributed by atoms with Crippen LogP contribution in [0.1, 0.15) is 11.1 Å². The number of amides is 1. The molecule has 0 bridgehead atoms. The van der Waals surface area contributed by atoms with Crippen LogP contribution in [0.15, 0.2) is 52.5 Å². The van der Waals surface area contributed by atoms with E-state index in [1.165, 1.54) is 25.3 Å². The smallest absolute Gasteiger partial charge is 0.418 e. The van der Waals surface area contributed by atoms with E-state index < -0.39 is 23.3 Å². The Morgan fingerprint density at radius 1 is 1.27 bits per heavy atom. The van der Waals surface area contributed by atoms with Crippen molar-refractivity contribution < 1.29 is 22.7 Å². The number of halogens is 4. The highest BCUT2D eigenvalue weighted by Crippen LogP contribution is 2.34. The molecule has 0 radical (unpaired) electrons. The number of para-hydroxylation sites is 1. The maximum Gasteiger partial charge on any atom is 0.418 e. The van der Waals surface area contributed by atoms with E-state index in [0.29, 0.717) is 15.8 Å². The number of carbonyl (C=O) groups is 1. The summed E-state index contributed by atoms with van der Waals surface area (Å²) in [6, 6.07) is 11.1. The molecule has 134 valence electrons. The average Bonchev–Trinajstić information content (AvgIpc) is 2.59. The molecule has 1 amide bonds. The molecular weight excluding hydrogens is 413 g/mol. The van der Waals surface area contributed by atoms with Gasteiger partial charge in [0.2, 0.25) is 0 Å². The molecule has 2 rings (SSSR count). The molecule has 0 heterocycles. The van der Waals surface area contributed by atoms with Crippen molar-refractivity contribution in [1.82, 2.24) is 0 Å². The van der Waals surface area contributed by atoms with E-state index in [1.54, 1.807) is 24.3 Å². The molecule has 1 N–H and O–H groups in total. The SMILES string of the molecule is COc1ccc(/C=C(\C#N)C(=O)Nc2ccccc2C(F)(F)F)cc1Br. The quantitative estimate of drug-likeness (QED) is 0.553. The number of nitrogens with one attached hydrogen (secondary N) is 1. The van der Waals surface area contributed by atoms with Crippen LogP contribution in [0.2, 0.25) is 0 Å². The maximum atomic E-state index is 13.0. The summed E-state index contributed by atoms with van der Waals surface area (Å²) in [7, 11) is 1.49. The minimum absolute atomic E-state index is 0.334. The summed E-state index contributed by atoms with van der Waals surface area (Å²) in [6.45, 7) is 0. The molecule has 26 heavy (non-hydrogen) atoms. The first-order valence-corrected chi connectivity index (χ1v) is 7.98. The van der Waals surface area contributed by atoms with Crippen LogP contribution in [0.25, 0.3) is 6.08 Å². The minimum Gasteiger partial charge on any atom is -0.496 e. The van der Waals surface area contributed by atoms with Gasteiger partial charge in [0.15, 0.2) is 0 Å². The summed E-state index contributed by atoms with van der Waals surface area (Å²) in [5.41, 5.74) is -1.23. The molecule has 0 aliphatic carbocycles. The number of ether oxygens (including phenoxy) is 1. The van der Waals surface area contributed by atoms with Gasteiger partial charge in [-0.3, -0.25) is 4.79 Å². The Labute approximate surface area is 156 Å². The van der Waals surface area contributed by atoms with Gasteiger partial charge in [-0.15, -0.1) is 0 Å². The Morgan fingerprint density at radius 2 is 1.96 bits per heavy atom. The number of hydrogen-bond acceptors (Lipinski definition) is 3. The highest BCUT2D eigenvalue weighted by molar-refractivity contribution is 9.10. The van der Waals surface area contributed by atoms with Gasteiger partial charge in [0.1, 0.15) is 17.4 Å². The minimum atomic E-state index is -4.62. The van der Waals surface area contributed by atoms with Crippen LogP contribution in [-0.2, 0) is 11.0 Å². The third kappa shape index (κ3) is 4.64. The molecule has 0 aromatic heterocycles. The third-order valence-electron chi connectivity index (χ3n) is 3.33. The van der Waals surface area contributed by atoms with Crippen molar-refractivity contribution in [3.63, 3.8) is 0 Å². The van der Waals surface area contributed by atoms with Crippen LogP contribution in [0.4, 0.5) is 18.9 Å². The predicted octanol–water partition coefficient (Wildman–Crippen LogP) is 5.02. The fraction of sp³-hybridized carbons (Fsp3) is 0.111. The Hall–Kier alpha value is -2.79. The van der Waals surface area contributed by atoms with Gasteiger partial charge in [-0.05, 0) is 51.8 Å². The van der Waals surface area contributed by atoms with E-state index >= 15 is 0 Å². The molecule has 0 atom stereocenters. The van der Waals surface area contributed by atoms with Crippen LogP contribution >= 0.6 is 15.9 Å². The topological polar surface area (TPSA) is 62.1 Å². The van der Waals surface area contributed by atoms with Crippen LogP contribution in [0.5, 0.6) is 5.75 Å². The number of carbonyl (C=O) groups excluding carboxylic acids is 1. The number of methoxy groups -OCH3 is 1. The third-order valence-corrected chi connectivity index (χ3v) is 3.95. The zero-order chi connectivity index (χ0) is 19.3. The molecule has 4 nitrogen and oxygen atoms in total. The van der Waals surface area contributed by atoms with Gasteiger partial charge < -0.3 is 10.1 Å². The van der Waals surface area contributed by atoms with Gasteiger partial charge in [-0.25, -0.2) is 0 Å². The molecule has 8 heteroatoms. The first-order valence-electron chi connectivity index (χ1n) is 7.19. The number of nitrogens with zero attached hydrogens (tertiary/aromatic N) is 1. The second-order valence-electron chi connectivity index (χ2n) is 5.06. The Kier molecular flexibility index (Phi) is 6.05. The highest BCUT2D eigenvalue weighted by atomic mass is 79.9. The normalized spacial score (nSPS) is 11.6. The largest absolute Gasteiger partial charge is 0.496 e. The lowest BCUT2D eigenvalue weighted by molar-refractivity contribution is -0.137. The fourth-order valence-electron chi connectivity index (χ4n) is 2.12. The predicted molar refractivity (Wildman–Crippen MR) is 94.4 cm³/mol. The van der Waals surface area contributed by atoms with Gasteiger partial charge in [-0.1, -0.05) is 18.2 Å². The molecule has 0 fully saturated rings. The monoisotopic (exact) mass is 424 g/mol. The maximum absolute atomic E-state index is 13.0. The van der Waals surface area contributed by atoms with Gasteiger partial charge in [0, 0.05) is 0 Å². The molecular formula is C18H12BrF3N2O2. The van der Waals surface area contributed by atoms with Crippen LogP contribution in [0.3, 0.4) is 0 Å². The number of nitriles is 1. The average molecular weight is 425 g/mol. The van der Waals surface area contributed by atoms with Crippen molar-refractivity contribution in [2.45, 2.75) is 6.18 Å². The van der Waals surface area contributed by atoms with Crippen LogP contribution in [0, 0.1) is 11.3 Å². The second-order valence-corrected chi connectivity index (χ2v) is 5.92.